The molecule has 7 amide bonds. The van der Waals surface area contributed by atoms with E-state index in [0.29, 0.717) is 24.3 Å². The van der Waals surface area contributed by atoms with E-state index < -0.39 is 47.4 Å². The summed E-state index contributed by atoms with van der Waals surface area (Å²) in [6.07, 6.45) is 1.40. The van der Waals surface area contributed by atoms with Crippen molar-refractivity contribution in [2.24, 2.45) is 0 Å². The molecule has 2 aliphatic heterocycles. The van der Waals surface area contributed by atoms with E-state index in [0.717, 1.165) is 16.0 Å². The summed E-state index contributed by atoms with van der Waals surface area (Å²) in [7, 11) is 0. The number of imide groups is 2. The first-order valence-electron chi connectivity index (χ1n) is 9.40. The number of rotatable bonds is 4. The van der Waals surface area contributed by atoms with Gasteiger partial charge in [0, 0.05) is 0 Å². The largest absolute Gasteiger partial charge is 0.344 e. The van der Waals surface area contributed by atoms with Gasteiger partial charge in [-0.25, -0.2) is 9.59 Å². The summed E-state index contributed by atoms with van der Waals surface area (Å²) in [6.45, 7) is 2.68. The Balaban J connectivity index is 1.49. The van der Waals surface area contributed by atoms with Gasteiger partial charge in [0.05, 0.1) is 0 Å². The fourth-order valence-corrected chi connectivity index (χ4v) is 4.06. The first-order chi connectivity index (χ1) is 13.7. The van der Waals surface area contributed by atoms with E-state index >= 15 is 0 Å². The highest BCUT2D eigenvalue weighted by molar-refractivity contribution is 6.11. The van der Waals surface area contributed by atoms with Crippen LogP contribution in [0, 0.1) is 0 Å². The second-order valence-electron chi connectivity index (χ2n) is 7.68. The van der Waals surface area contributed by atoms with E-state index in [1.807, 2.05) is 12.1 Å². The van der Waals surface area contributed by atoms with Crippen LogP contribution in [0.25, 0.3) is 0 Å². The summed E-state index contributed by atoms with van der Waals surface area (Å²) >= 11 is 0. The minimum Gasteiger partial charge on any atom is -0.322 e. The number of urea groups is 2. The first kappa shape index (κ1) is 18.9. The van der Waals surface area contributed by atoms with E-state index in [1.54, 1.807) is 26.0 Å². The van der Waals surface area contributed by atoms with Gasteiger partial charge in [0.25, 0.3) is 17.7 Å². The van der Waals surface area contributed by atoms with Gasteiger partial charge in [0.2, 0.25) is 0 Å². The number of nitrogens with zero attached hydrogens (tertiary/aromatic N) is 2. The molecule has 10 nitrogen and oxygen atoms in total. The molecule has 1 aliphatic carbocycles. The van der Waals surface area contributed by atoms with E-state index in [2.05, 4.69) is 16.1 Å². The predicted octanol–water partition coefficient (Wildman–Crippen LogP) is 0.132. The predicted molar refractivity (Wildman–Crippen MR) is 98.9 cm³/mol. The summed E-state index contributed by atoms with van der Waals surface area (Å²) in [4.78, 5) is 63.2. The fourth-order valence-electron chi connectivity index (χ4n) is 4.06. The highest BCUT2D eigenvalue weighted by atomic mass is 16.2. The SMILES string of the molecule is CC[C@]1(C)NC(=O)N(NC(=O)CN2C(=O)N[C@@]3(CCc4ccccc43)C2=O)C1=O. The maximum absolute atomic E-state index is 13.1. The van der Waals surface area contributed by atoms with Crippen LogP contribution in [0.1, 0.15) is 37.8 Å². The summed E-state index contributed by atoms with van der Waals surface area (Å²) < 4.78 is 0. The average molecular weight is 399 g/mol. The monoisotopic (exact) mass is 399 g/mol. The highest BCUT2D eigenvalue weighted by Gasteiger charge is 2.56. The van der Waals surface area contributed by atoms with Crippen molar-refractivity contribution in [3.8, 4) is 0 Å². The Bertz CT molecular complexity index is 962. The summed E-state index contributed by atoms with van der Waals surface area (Å²) in [5, 5.41) is 5.82. The van der Waals surface area contributed by atoms with Gasteiger partial charge in [-0.1, -0.05) is 31.2 Å². The number of benzene rings is 1. The quantitative estimate of drug-likeness (QED) is 0.620. The molecule has 0 bridgehead atoms. The van der Waals surface area contributed by atoms with Crippen molar-refractivity contribution < 1.29 is 24.0 Å². The number of hydrogen-bond acceptors (Lipinski definition) is 5. The summed E-state index contributed by atoms with van der Waals surface area (Å²) in [5.74, 6) is -1.93. The molecule has 29 heavy (non-hydrogen) atoms. The highest BCUT2D eigenvalue weighted by Crippen LogP contribution is 2.41. The molecule has 1 aromatic rings. The number of carbonyl (C=O) groups is 5. The van der Waals surface area contributed by atoms with Crippen molar-refractivity contribution in [1.29, 1.82) is 0 Å². The van der Waals surface area contributed by atoms with Crippen molar-refractivity contribution in [2.45, 2.75) is 44.2 Å². The van der Waals surface area contributed by atoms with Gasteiger partial charge in [-0.05, 0) is 37.3 Å². The van der Waals surface area contributed by atoms with Gasteiger partial charge in [-0.2, -0.15) is 5.01 Å². The Labute approximate surface area is 166 Å². The molecule has 0 radical (unpaired) electrons. The molecule has 2 atom stereocenters. The maximum Gasteiger partial charge on any atom is 0.344 e. The molecule has 2 saturated heterocycles. The zero-order valence-corrected chi connectivity index (χ0v) is 16.1. The molecule has 0 unspecified atom stereocenters. The second kappa shape index (κ2) is 6.29. The van der Waals surface area contributed by atoms with Gasteiger partial charge < -0.3 is 10.6 Å². The smallest absolute Gasteiger partial charge is 0.322 e. The number of fused-ring (bicyclic) bond motifs is 2. The van der Waals surface area contributed by atoms with Crippen molar-refractivity contribution in [1.82, 2.24) is 26.0 Å². The Morgan fingerprint density at radius 3 is 2.52 bits per heavy atom. The van der Waals surface area contributed by atoms with Gasteiger partial charge in [0.1, 0.15) is 17.6 Å². The van der Waals surface area contributed by atoms with Crippen molar-refractivity contribution in [2.75, 3.05) is 6.54 Å². The van der Waals surface area contributed by atoms with Crippen LogP contribution in [0.2, 0.25) is 0 Å². The zero-order valence-electron chi connectivity index (χ0n) is 16.1. The minimum atomic E-state index is -1.17. The molecular weight excluding hydrogens is 378 g/mol. The van der Waals surface area contributed by atoms with Gasteiger partial charge in [0.15, 0.2) is 0 Å². The lowest BCUT2D eigenvalue weighted by molar-refractivity contribution is -0.140. The van der Waals surface area contributed by atoms with Crippen LogP contribution in [-0.2, 0) is 26.3 Å². The summed E-state index contributed by atoms with van der Waals surface area (Å²) in [6, 6.07) is 5.92. The molecule has 2 heterocycles. The van der Waals surface area contributed by atoms with Crippen LogP contribution in [0.4, 0.5) is 9.59 Å². The van der Waals surface area contributed by atoms with Crippen LogP contribution >= 0.6 is 0 Å². The molecule has 0 saturated carbocycles. The molecule has 1 spiro atoms. The van der Waals surface area contributed by atoms with Crippen LogP contribution in [-0.4, -0.2) is 51.8 Å². The van der Waals surface area contributed by atoms with Gasteiger partial charge in [-0.15, -0.1) is 0 Å². The Hall–Kier alpha value is -3.43. The number of hydrogen-bond donors (Lipinski definition) is 3. The number of hydrazine groups is 1. The lowest BCUT2D eigenvalue weighted by Gasteiger charge is -2.22. The van der Waals surface area contributed by atoms with E-state index in [1.165, 1.54) is 0 Å². The summed E-state index contributed by atoms with van der Waals surface area (Å²) in [5.41, 5.74) is 1.62. The van der Waals surface area contributed by atoms with Crippen LogP contribution < -0.4 is 16.1 Å². The van der Waals surface area contributed by atoms with E-state index in [9.17, 15) is 24.0 Å². The standard InChI is InChI=1S/C19H21N5O5/c1-3-18(2)14(26)24(17(29)20-18)22-13(25)10-23-15(27)19(21-16(23)28)9-8-11-6-4-5-7-12(11)19/h4-7H,3,8-10H2,1-2H3,(H,20,29)(H,21,28)(H,22,25)/t18-,19+/m0/s1. The van der Waals surface area contributed by atoms with Crippen molar-refractivity contribution >= 4 is 29.8 Å². The van der Waals surface area contributed by atoms with Crippen LogP contribution in [0.15, 0.2) is 24.3 Å². The number of nitrogens with one attached hydrogen (secondary N) is 3. The zero-order chi connectivity index (χ0) is 21.0. The van der Waals surface area contributed by atoms with E-state index in [4.69, 9.17) is 0 Å². The fraction of sp³-hybridized carbons (Fsp3) is 0.421. The topological polar surface area (TPSA) is 128 Å². The first-order valence-corrected chi connectivity index (χ1v) is 9.40. The van der Waals surface area contributed by atoms with Crippen molar-refractivity contribution in [3.05, 3.63) is 35.4 Å². The Morgan fingerprint density at radius 1 is 1.10 bits per heavy atom. The van der Waals surface area contributed by atoms with Crippen LogP contribution in [0.3, 0.4) is 0 Å². The third kappa shape index (κ3) is 2.66. The molecule has 152 valence electrons. The van der Waals surface area contributed by atoms with Crippen molar-refractivity contribution in [3.63, 3.8) is 0 Å². The molecule has 3 N–H and O–H groups in total. The number of carbonyl (C=O) groups excluding carboxylic acids is 5. The maximum atomic E-state index is 13.1. The van der Waals surface area contributed by atoms with Crippen LogP contribution in [0.5, 0.6) is 0 Å². The third-order valence-corrected chi connectivity index (χ3v) is 5.93. The minimum absolute atomic E-state index is 0.346. The molecule has 4 rings (SSSR count). The number of amides is 7. The second-order valence-corrected chi connectivity index (χ2v) is 7.68. The molecule has 3 aliphatic rings. The average Bonchev–Trinajstić information content (AvgIpc) is 3.26. The van der Waals surface area contributed by atoms with Gasteiger partial charge >= 0.3 is 12.1 Å². The molecule has 0 aromatic heterocycles. The Morgan fingerprint density at radius 2 is 1.83 bits per heavy atom. The Kier molecular flexibility index (Phi) is 4.10. The van der Waals surface area contributed by atoms with E-state index in [-0.39, 0.29) is 0 Å². The molecule has 10 heteroatoms. The molecule has 1 aromatic carbocycles. The lowest BCUT2D eigenvalue weighted by Crippen LogP contribution is -2.52. The normalized spacial score (nSPS) is 28.1. The third-order valence-electron chi connectivity index (χ3n) is 5.93. The lowest BCUT2D eigenvalue weighted by atomic mass is 9.92. The van der Waals surface area contributed by atoms with Gasteiger partial charge in [-0.3, -0.25) is 24.7 Å². The number of aryl methyl sites for hydroxylation is 1. The molecular formula is C19H21N5O5. The molecule has 2 fully saturated rings.